The van der Waals surface area contributed by atoms with Crippen LogP contribution < -0.4 is 0 Å². The van der Waals surface area contributed by atoms with Crippen molar-refractivity contribution in [3.63, 3.8) is 0 Å². The Bertz CT molecular complexity index is 273. The average Bonchev–Trinajstić information content (AvgIpc) is 2.09. The van der Waals surface area contributed by atoms with Crippen molar-refractivity contribution in [3.8, 4) is 0 Å². The Kier molecular flexibility index (Phi) is 4.19. The quantitative estimate of drug-likeness (QED) is 0.583. The minimum atomic E-state index is 0.549. The standard InChI is InChI=1S/C9H10ClNS/c10-9-8(4-1-2-7-12)5-3-6-11-9/h1,3-6,12H,2,7H2. The van der Waals surface area contributed by atoms with Gasteiger partial charge in [-0.2, -0.15) is 12.6 Å². The second-order valence-electron chi connectivity index (χ2n) is 2.30. The van der Waals surface area contributed by atoms with Crippen molar-refractivity contribution in [1.82, 2.24) is 4.98 Å². The van der Waals surface area contributed by atoms with Crippen molar-refractivity contribution in [3.05, 3.63) is 35.1 Å². The summed E-state index contributed by atoms with van der Waals surface area (Å²) in [6.07, 6.45) is 6.63. The van der Waals surface area contributed by atoms with Crippen molar-refractivity contribution in [2.75, 3.05) is 5.75 Å². The molecule has 0 amide bonds. The molecule has 1 nitrogen and oxygen atoms in total. The Labute approximate surface area is 82.9 Å². The monoisotopic (exact) mass is 199 g/mol. The summed E-state index contributed by atoms with van der Waals surface area (Å²) in [5, 5.41) is 0.549. The zero-order valence-electron chi connectivity index (χ0n) is 6.57. The lowest BCUT2D eigenvalue weighted by molar-refractivity contribution is 1.26. The first-order chi connectivity index (χ1) is 5.84. The van der Waals surface area contributed by atoms with Gasteiger partial charge < -0.3 is 0 Å². The molecule has 0 spiro atoms. The van der Waals surface area contributed by atoms with E-state index in [-0.39, 0.29) is 0 Å². The lowest BCUT2D eigenvalue weighted by Gasteiger charge is -1.94. The largest absolute Gasteiger partial charge is 0.244 e. The number of hydrogen-bond donors (Lipinski definition) is 1. The average molecular weight is 200 g/mol. The van der Waals surface area contributed by atoms with Crippen LogP contribution in [0.4, 0.5) is 0 Å². The molecular weight excluding hydrogens is 190 g/mol. The Balaban J connectivity index is 2.68. The third-order valence-electron chi connectivity index (χ3n) is 1.38. The van der Waals surface area contributed by atoms with Crippen LogP contribution in [0.2, 0.25) is 5.15 Å². The van der Waals surface area contributed by atoms with Gasteiger partial charge in [0.15, 0.2) is 0 Å². The minimum absolute atomic E-state index is 0.549. The molecule has 0 saturated heterocycles. The number of halogens is 1. The summed E-state index contributed by atoms with van der Waals surface area (Å²) in [4.78, 5) is 3.95. The van der Waals surface area contributed by atoms with E-state index in [4.69, 9.17) is 11.6 Å². The molecule has 0 fully saturated rings. The lowest BCUT2D eigenvalue weighted by Crippen LogP contribution is -1.78. The van der Waals surface area contributed by atoms with Crippen LogP contribution in [-0.4, -0.2) is 10.7 Å². The summed E-state index contributed by atoms with van der Waals surface area (Å²) in [5.41, 5.74) is 0.959. The fourth-order valence-electron chi connectivity index (χ4n) is 0.808. The maximum atomic E-state index is 5.82. The summed E-state index contributed by atoms with van der Waals surface area (Å²) in [6, 6.07) is 3.80. The molecule has 0 aliphatic carbocycles. The van der Waals surface area contributed by atoms with Crippen LogP contribution in [0.3, 0.4) is 0 Å². The van der Waals surface area contributed by atoms with Gasteiger partial charge in [-0.15, -0.1) is 0 Å². The second kappa shape index (κ2) is 5.22. The van der Waals surface area contributed by atoms with E-state index in [1.807, 2.05) is 24.3 Å². The summed E-state index contributed by atoms with van der Waals surface area (Å²) >= 11 is 9.91. The van der Waals surface area contributed by atoms with E-state index >= 15 is 0 Å². The highest BCUT2D eigenvalue weighted by Gasteiger charge is 1.93. The van der Waals surface area contributed by atoms with Crippen molar-refractivity contribution >= 4 is 30.3 Å². The van der Waals surface area contributed by atoms with Crippen molar-refractivity contribution in [1.29, 1.82) is 0 Å². The predicted octanol–water partition coefficient (Wildman–Crippen LogP) is 3.07. The minimum Gasteiger partial charge on any atom is -0.244 e. The molecule has 1 aromatic heterocycles. The number of aromatic nitrogens is 1. The second-order valence-corrected chi connectivity index (χ2v) is 3.10. The molecule has 1 rings (SSSR count). The maximum Gasteiger partial charge on any atom is 0.136 e. The molecule has 0 saturated carbocycles. The number of pyridine rings is 1. The Morgan fingerprint density at radius 3 is 3.08 bits per heavy atom. The highest BCUT2D eigenvalue weighted by atomic mass is 35.5. The van der Waals surface area contributed by atoms with E-state index in [9.17, 15) is 0 Å². The lowest BCUT2D eigenvalue weighted by atomic mass is 10.2. The summed E-state index contributed by atoms with van der Waals surface area (Å²) in [6.45, 7) is 0. The van der Waals surface area contributed by atoms with E-state index in [0.29, 0.717) is 5.15 Å². The molecule has 1 aromatic rings. The Morgan fingerprint density at radius 2 is 2.42 bits per heavy atom. The van der Waals surface area contributed by atoms with Crippen molar-refractivity contribution in [2.45, 2.75) is 6.42 Å². The summed E-state index contributed by atoms with van der Waals surface area (Å²) < 4.78 is 0. The molecule has 12 heavy (non-hydrogen) atoms. The molecule has 3 heteroatoms. The van der Waals surface area contributed by atoms with Gasteiger partial charge in [0.05, 0.1) is 0 Å². The van der Waals surface area contributed by atoms with Gasteiger partial charge >= 0.3 is 0 Å². The van der Waals surface area contributed by atoms with Crippen molar-refractivity contribution in [2.24, 2.45) is 0 Å². The summed E-state index contributed by atoms with van der Waals surface area (Å²) in [5.74, 6) is 0.856. The van der Waals surface area contributed by atoms with E-state index in [1.165, 1.54) is 0 Å². The van der Waals surface area contributed by atoms with Crippen LogP contribution in [-0.2, 0) is 0 Å². The molecule has 1 heterocycles. The van der Waals surface area contributed by atoms with E-state index < -0.39 is 0 Å². The van der Waals surface area contributed by atoms with Gasteiger partial charge in [0.1, 0.15) is 5.15 Å². The van der Waals surface area contributed by atoms with Gasteiger partial charge in [0.2, 0.25) is 0 Å². The molecule has 0 unspecified atom stereocenters. The molecule has 0 aliphatic rings. The van der Waals surface area contributed by atoms with Gasteiger partial charge in [-0.3, -0.25) is 0 Å². The fraction of sp³-hybridized carbons (Fsp3) is 0.222. The first-order valence-electron chi connectivity index (χ1n) is 3.72. The van der Waals surface area contributed by atoms with Gasteiger partial charge in [-0.1, -0.05) is 29.8 Å². The first-order valence-corrected chi connectivity index (χ1v) is 4.73. The van der Waals surface area contributed by atoms with Gasteiger partial charge in [0, 0.05) is 11.8 Å². The third kappa shape index (κ3) is 2.88. The van der Waals surface area contributed by atoms with Gasteiger partial charge in [-0.05, 0) is 18.2 Å². The first kappa shape index (κ1) is 9.62. The number of hydrogen-bond acceptors (Lipinski definition) is 2. The number of rotatable bonds is 3. The molecule has 0 bridgehead atoms. The number of allylic oxidation sites excluding steroid dienone is 1. The van der Waals surface area contributed by atoms with E-state index in [0.717, 1.165) is 17.7 Å². The topological polar surface area (TPSA) is 12.9 Å². The fourth-order valence-corrected chi connectivity index (χ4v) is 1.14. The smallest absolute Gasteiger partial charge is 0.136 e. The highest BCUT2D eigenvalue weighted by Crippen LogP contribution is 2.13. The van der Waals surface area contributed by atoms with Crippen LogP contribution in [0.15, 0.2) is 24.4 Å². The van der Waals surface area contributed by atoms with Crippen LogP contribution in [0.25, 0.3) is 6.08 Å². The molecule has 0 N–H and O–H groups in total. The molecular formula is C9H10ClNS. The Morgan fingerprint density at radius 1 is 1.58 bits per heavy atom. The highest BCUT2D eigenvalue weighted by molar-refractivity contribution is 7.80. The SMILES string of the molecule is SCCC=Cc1cccnc1Cl. The normalized spacial score (nSPS) is 10.8. The zero-order chi connectivity index (χ0) is 8.81. The molecule has 0 aromatic carbocycles. The van der Waals surface area contributed by atoms with Crippen LogP contribution in [0.1, 0.15) is 12.0 Å². The number of nitrogens with zero attached hydrogens (tertiary/aromatic N) is 1. The predicted molar refractivity (Wildman–Crippen MR) is 56.8 cm³/mol. The van der Waals surface area contributed by atoms with Crippen molar-refractivity contribution < 1.29 is 0 Å². The van der Waals surface area contributed by atoms with Gasteiger partial charge in [-0.25, -0.2) is 4.98 Å². The van der Waals surface area contributed by atoms with Crippen LogP contribution in [0.5, 0.6) is 0 Å². The van der Waals surface area contributed by atoms with Gasteiger partial charge in [0.25, 0.3) is 0 Å². The maximum absolute atomic E-state index is 5.82. The Hall–Kier alpha value is -0.470. The van der Waals surface area contributed by atoms with Crippen LogP contribution in [0, 0.1) is 0 Å². The summed E-state index contributed by atoms with van der Waals surface area (Å²) in [7, 11) is 0. The molecule has 64 valence electrons. The zero-order valence-corrected chi connectivity index (χ0v) is 8.22. The molecule has 0 aliphatic heterocycles. The third-order valence-corrected chi connectivity index (χ3v) is 1.96. The molecule has 0 radical (unpaired) electrons. The molecule has 0 atom stereocenters. The van der Waals surface area contributed by atoms with Crippen LogP contribution >= 0.6 is 24.2 Å². The number of thiol groups is 1. The van der Waals surface area contributed by atoms with E-state index in [2.05, 4.69) is 17.6 Å². The van der Waals surface area contributed by atoms with E-state index in [1.54, 1.807) is 6.20 Å².